The highest BCUT2D eigenvalue weighted by Crippen LogP contribution is 2.18. The number of hydrogen-bond acceptors (Lipinski definition) is 3. The summed E-state index contributed by atoms with van der Waals surface area (Å²) >= 11 is 5.55. The van der Waals surface area contributed by atoms with Crippen LogP contribution in [0.25, 0.3) is 0 Å². The Kier molecular flexibility index (Phi) is 4.30. The molecule has 0 fully saturated rings. The second-order valence-corrected chi connectivity index (χ2v) is 3.54. The SMILES string of the molecule is O=C(N[C@@H](CO)c1ccc(Cl)cn1)C(F)(F)F. The lowest BCUT2D eigenvalue weighted by atomic mass is 10.2. The molecule has 0 unspecified atom stereocenters. The standard InChI is InChI=1S/C9H8ClF3N2O2/c10-5-1-2-6(14-3-5)7(4-16)15-8(17)9(11,12)13/h1-3,7,16H,4H2,(H,15,17)/t7-/m0/s1. The number of halogens is 4. The van der Waals surface area contributed by atoms with Gasteiger partial charge in [0.25, 0.3) is 0 Å². The summed E-state index contributed by atoms with van der Waals surface area (Å²) in [6.07, 6.45) is -3.79. The molecule has 0 aliphatic heterocycles. The fraction of sp³-hybridized carbons (Fsp3) is 0.333. The Bertz CT molecular complexity index is 394. The fourth-order valence-corrected chi connectivity index (χ4v) is 1.16. The van der Waals surface area contributed by atoms with Crippen LogP contribution in [0, 0.1) is 0 Å². The second-order valence-electron chi connectivity index (χ2n) is 3.11. The molecule has 1 aromatic heterocycles. The van der Waals surface area contributed by atoms with Gasteiger partial charge < -0.3 is 10.4 Å². The number of hydrogen-bond donors (Lipinski definition) is 2. The Morgan fingerprint density at radius 2 is 2.18 bits per heavy atom. The van der Waals surface area contributed by atoms with Gasteiger partial charge >= 0.3 is 12.1 Å². The van der Waals surface area contributed by atoms with Gasteiger partial charge in [0.1, 0.15) is 0 Å². The maximum atomic E-state index is 12.0. The van der Waals surface area contributed by atoms with Crippen molar-refractivity contribution in [3.05, 3.63) is 29.0 Å². The first kappa shape index (κ1) is 13.7. The summed E-state index contributed by atoms with van der Waals surface area (Å²) in [5.41, 5.74) is 0.0921. The number of amides is 1. The molecule has 1 aromatic rings. The van der Waals surface area contributed by atoms with E-state index in [1.54, 1.807) is 5.32 Å². The van der Waals surface area contributed by atoms with E-state index in [0.29, 0.717) is 5.02 Å². The first-order valence-electron chi connectivity index (χ1n) is 4.44. The van der Waals surface area contributed by atoms with Gasteiger partial charge in [0, 0.05) is 6.20 Å². The molecule has 0 saturated heterocycles. The Hall–Kier alpha value is -1.34. The maximum absolute atomic E-state index is 12.0. The number of pyridine rings is 1. The Morgan fingerprint density at radius 1 is 1.53 bits per heavy atom. The van der Waals surface area contributed by atoms with Crippen molar-refractivity contribution < 1.29 is 23.1 Å². The summed E-state index contributed by atoms with van der Waals surface area (Å²) in [6.45, 7) is -0.698. The zero-order chi connectivity index (χ0) is 13.1. The lowest BCUT2D eigenvalue weighted by Crippen LogP contribution is -2.40. The summed E-state index contributed by atoms with van der Waals surface area (Å²) in [5, 5.41) is 10.8. The van der Waals surface area contributed by atoms with Crippen LogP contribution in [0.3, 0.4) is 0 Å². The molecule has 94 valence electrons. The van der Waals surface area contributed by atoms with Crippen molar-refractivity contribution in [2.75, 3.05) is 6.61 Å². The molecule has 1 atom stereocenters. The second kappa shape index (κ2) is 5.33. The monoisotopic (exact) mass is 268 g/mol. The average Bonchev–Trinajstić information content (AvgIpc) is 2.25. The van der Waals surface area contributed by atoms with E-state index in [-0.39, 0.29) is 5.69 Å². The summed E-state index contributed by atoms with van der Waals surface area (Å²) in [4.78, 5) is 14.4. The van der Waals surface area contributed by atoms with Crippen molar-refractivity contribution in [3.8, 4) is 0 Å². The van der Waals surface area contributed by atoms with E-state index in [1.165, 1.54) is 18.3 Å². The molecule has 0 aliphatic rings. The number of carbonyl (C=O) groups is 1. The molecule has 0 bridgehead atoms. The van der Waals surface area contributed by atoms with Gasteiger partial charge in [-0.2, -0.15) is 13.2 Å². The number of aromatic nitrogens is 1. The van der Waals surface area contributed by atoms with Crippen LogP contribution >= 0.6 is 11.6 Å². The molecule has 2 N–H and O–H groups in total. The molecule has 0 aliphatic carbocycles. The molecule has 8 heteroatoms. The highest BCUT2D eigenvalue weighted by atomic mass is 35.5. The van der Waals surface area contributed by atoms with Crippen molar-refractivity contribution >= 4 is 17.5 Å². The van der Waals surface area contributed by atoms with E-state index in [0.717, 1.165) is 0 Å². The normalized spacial score (nSPS) is 13.2. The molecule has 0 saturated carbocycles. The van der Waals surface area contributed by atoms with Gasteiger partial charge in [-0.1, -0.05) is 11.6 Å². The van der Waals surface area contributed by atoms with E-state index in [2.05, 4.69) is 4.98 Å². The predicted molar refractivity (Wildman–Crippen MR) is 53.3 cm³/mol. The zero-order valence-corrected chi connectivity index (χ0v) is 9.09. The van der Waals surface area contributed by atoms with Gasteiger partial charge in [-0.3, -0.25) is 9.78 Å². The Labute approximate surface area is 99.4 Å². The number of nitrogens with zero attached hydrogens (tertiary/aromatic N) is 1. The topological polar surface area (TPSA) is 62.2 Å². The minimum absolute atomic E-state index is 0.0921. The lowest BCUT2D eigenvalue weighted by Gasteiger charge is -2.16. The fourth-order valence-electron chi connectivity index (χ4n) is 1.05. The van der Waals surface area contributed by atoms with E-state index in [1.807, 2.05) is 0 Å². The molecular weight excluding hydrogens is 261 g/mol. The van der Waals surface area contributed by atoms with Gasteiger partial charge in [-0.05, 0) is 12.1 Å². The molecule has 17 heavy (non-hydrogen) atoms. The van der Waals surface area contributed by atoms with Crippen LogP contribution in [0.15, 0.2) is 18.3 Å². The quantitative estimate of drug-likeness (QED) is 0.872. The van der Waals surface area contributed by atoms with E-state index >= 15 is 0 Å². The van der Waals surface area contributed by atoms with Crippen LogP contribution < -0.4 is 5.32 Å². The third kappa shape index (κ3) is 3.86. The number of nitrogens with one attached hydrogen (secondary N) is 1. The lowest BCUT2D eigenvalue weighted by molar-refractivity contribution is -0.174. The number of carbonyl (C=O) groups excluding carboxylic acids is 1. The smallest absolute Gasteiger partial charge is 0.394 e. The summed E-state index contributed by atoms with van der Waals surface area (Å²) < 4.78 is 36.0. The van der Waals surface area contributed by atoms with Crippen LogP contribution in [-0.2, 0) is 4.79 Å². The minimum atomic E-state index is -5.00. The van der Waals surface area contributed by atoms with Crippen molar-refractivity contribution in [2.24, 2.45) is 0 Å². The van der Waals surface area contributed by atoms with Crippen LogP contribution in [0.5, 0.6) is 0 Å². The van der Waals surface area contributed by atoms with Gasteiger partial charge in [0.15, 0.2) is 0 Å². The third-order valence-corrected chi connectivity index (χ3v) is 2.08. The Balaban J connectivity index is 2.79. The molecule has 4 nitrogen and oxygen atoms in total. The summed E-state index contributed by atoms with van der Waals surface area (Å²) in [6, 6.07) is 1.49. The van der Waals surface area contributed by atoms with Crippen molar-refractivity contribution in [1.82, 2.24) is 10.3 Å². The summed E-state index contributed by atoms with van der Waals surface area (Å²) in [5.74, 6) is -2.13. The maximum Gasteiger partial charge on any atom is 0.471 e. The van der Waals surface area contributed by atoms with Gasteiger partial charge in [-0.25, -0.2) is 0 Å². The van der Waals surface area contributed by atoms with Crippen LogP contribution in [0.2, 0.25) is 5.02 Å². The van der Waals surface area contributed by atoms with Crippen LogP contribution in [-0.4, -0.2) is 28.8 Å². The van der Waals surface area contributed by atoms with Crippen molar-refractivity contribution in [2.45, 2.75) is 12.2 Å². The molecule has 0 radical (unpaired) electrons. The highest BCUT2D eigenvalue weighted by molar-refractivity contribution is 6.30. The van der Waals surface area contributed by atoms with E-state index in [4.69, 9.17) is 16.7 Å². The number of rotatable bonds is 3. The predicted octanol–water partition coefficient (Wildman–Crippen LogP) is 1.45. The zero-order valence-electron chi connectivity index (χ0n) is 8.33. The molecule has 1 rings (SSSR count). The van der Waals surface area contributed by atoms with Crippen molar-refractivity contribution in [1.29, 1.82) is 0 Å². The first-order valence-corrected chi connectivity index (χ1v) is 4.82. The first-order chi connectivity index (χ1) is 7.84. The molecule has 1 amide bonds. The van der Waals surface area contributed by atoms with Crippen molar-refractivity contribution in [3.63, 3.8) is 0 Å². The molecule has 0 aromatic carbocycles. The van der Waals surface area contributed by atoms with Crippen LogP contribution in [0.1, 0.15) is 11.7 Å². The minimum Gasteiger partial charge on any atom is -0.394 e. The third-order valence-electron chi connectivity index (χ3n) is 1.85. The number of alkyl halides is 3. The highest BCUT2D eigenvalue weighted by Gasteiger charge is 2.39. The van der Waals surface area contributed by atoms with Gasteiger partial charge in [0.2, 0.25) is 0 Å². The van der Waals surface area contributed by atoms with E-state index in [9.17, 15) is 18.0 Å². The molecular formula is C9H8ClF3N2O2. The summed E-state index contributed by atoms with van der Waals surface area (Å²) in [7, 11) is 0. The van der Waals surface area contributed by atoms with Crippen LogP contribution in [0.4, 0.5) is 13.2 Å². The largest absolute Gasteiger partial charge is 0.471 e. The van der Waals surface area contributed by atoms with Gasteiger partial charge in [0.05, 0.1) is 23.4 Å². The average molecular weight is 269 g/mol. The number of aliphatic hydroxyl groups is 1. The van der Waals surface area contributed by atoms with Gasteiger partial charge in [-0.15, -0.1) is 0 Å². The molecule has 1 heterocycles. The van der Waals surface area contributed by atoms with E-state index < -0.39 is 24.7 Å². The Morgan fingerprint density at radius 3 is 2.59 bits per heavy atom. The number of aliphatic hydroxyl groups excluding tert-OH is 1. The molecule has 0 spiro atoms.